The minimum atomic E-state index is -3.91. The third kappa shape index (κ3) is 7.92. The number of benzene rings is 2. The summed E-state index contributed by atoms with van der Waals surface area (Å²) < 4.78 is 26.4. The van der Waals surface area contributed by atoms with Gasteiger partial charge in [0, 0.05) is 28.2 Å². The van der Waals surface area contributed by atoms with E-state index in [4.69, 9.17) is 46.4 Å². The van der Waals surface area contributed by atoms with Crippen LogP contribution in [0.1, 0.15) is 51.0 Å². The van der Waals surface area contributed by atoms with Crippen molar-refractivity contribution < 1.29 is 18.0 Å². The molecule has 0 spiro atoms. The Morgan fingerprint density at radius 1 is 0.974 bits per heavy atom. The van der Waals surface area contributed by atoms with E-state index in [0.717, 1.165) is 42.7 Å². The number of rotatable bonds is 10. The fourth-order valence-electron chi connectivity index (χ4n) is 4.57. The molecular weight excluding hydrogens is 592 g/mol. The molecule has 2 amide bonds. The van der Waals surface area contributed by atoms with Gasteiger partial charge in [0.05, 0.1) is 22.0 Å². The van der Waals surface area contributed by atoms with Crippen LogP contribution < -0.4 is 9.62 Å². The summed E-state index contributed by atoms with van der Waals surface area (Å²) in [7, 11) is -3.91. The van der Waals surface area contributed by atoms with Crippen molar-refractivity contribution in [3.05, 3.63) is 62.1 Å². The van der Waals surface area contributed by atoms with Gasteiger partial charge in [-0.25, -0.2) is 8.42 Å². The lowest BCUT2D eigenvalue weighted by Gasteiger charge is -2.34. The Morgan fingerprint density at radius 2 is 1.61 bits per heavy atom. The van der Waals surface area contributed by atoms with Crippen LogP contribution >= 0.6 is 46.4 Å². The van der Waals surface area contributed by atoms with Crippen molar-refractivity contribution in [2.24, 2.45) is 0 Å². The number of carbonyl (C=O) groups is 2. The van der Waals surface area contributed by atoms with Crippen LogP contribution in [0, 0.1) is 0 Å². The minimum Gasteiger partial charge on any atom is -0.352 e. The maximum Gasteiger partial charge on any atom is 0.244 e. The molecule has 1 fully saturated rings. The Labute approximate surface area is 244 Å². The van der Waals surface area contributed by atoms with E-state index in [2.05, 4.69) is 5.32 Å². The van der Waals surface area contributed by atoms with Gasteiger partial charge in [-0.1, -0.05) is 78.7 Å². The van der Waals surface area contributed by atoms with Gasteiger partial charge in [-0.3, -0.25) is 13.9 Å². The largest absolute Gasteiger partial charge is 0.352 e. The summed E-state index contributed by atoms with van der Waals surface area (Å²) in [6, 6.07) is 8.44. The summed E-state index contributed by atoms with van der Waals surface area (Å²) in [6.45, 7) is 1.16. The van der Waals surface area contributed by atoms with Crippen molar-refractivity contribution in [2.75, 3.05) is 17.1 Å². The van der Waals surface area contributed by atoms with E-state index < -0.39 is 28.5 Å². The Kier molecular flexibility index (Phi) is 11.0. The van der Waals surface area contributed by atoms with E-state index in [-0.39, 0.29) is 34.2 Å². The first kappa shape index (κ1) is 30.8. The normalized spacial score (nSPS) is 15.1. The van der Waals surface area contributed by atoms with Crippen molar-refractivity contribution in [2.45, 2.75) is 64.1 Å². The molecule has 38 heavy (non-hydrogen) atoms. The second-order valence-corrected chi connectivity index (χ2v) is 12.9. The molecule has 0 bridgehead atoms. The predicted octanol–water partition coefficient (Wildman–Crippen LogP) is 6.32. The van der Waals surface area contributed by atoms with Gasteiger partial charge in [-0.15, -0.1) is 0 Å². The molecule has 0 aliphatic heterocycles. The molecule has 2 aromatic carbocycles. The number of amides is 2. The Bertz CT molecular complexity index is 1250. The molecule has 2 aromatic rings. The van der Waals surface area contributed by atoms with Gasteiger partial charge < -0.3 is 10.2 Å². The molecule has 3 rings (SSSR count). The lowest BCUT2D eigenvalue weighted by Crippen LogP contribution is -2.54. The second-order valence-electron chi connectivity index (χ2n) is 9.36. The third-order valence-corrected chi connectivity index (χ3v) is 9.19. The van der Waals surface area contributed by atoms with Crippen LogP contribution in [-0.2, 0) is 26.2 Å². The van der Waals surface area contributed by atoms with Gasteiger partial charge in [0.15, 0.2) is 0 Å². The average molecular weight is 623 g/mol. The van der Waals surface area contributed by atoms with Crippen molar-refractivity contribution in [3.63, 3.8) is 0 Å². The van der Waals surface area contributed by atoms with E-state index in [1.807, 2.05) is 0 Å². The van der Waals surface area contributed by atoms with Gasteiger partial charge in [0.1, 0.15) is 12.6 Å². The van der Waals surface area contributed by atoms with Gasteiger partial charge in [-0.05, 0) is 49.6 Å². The van der Waals surface area contributed by atoms with Crippen LogP contribution in [0.2, 0.25) is 20.1 Å². The van der Waals surface area contributed by atoms with Crippen LogP contribution in [0.5, 0.6) is 0 Å². The highest BCUT2D eigenvalue weighted by molar-refractivity contribution is 7.92. The number of carbonyl (C=O) groups excluding carboxylic acids is 2. The summed E-state index contributed by atoms with van der Waals surface area (Å²) in [4.78, 5) is 28.6. The monoisotopic (exact) mass is 621 g/mol. The summed E-state index contributed by atoms with van der Waals surface area (Å²) in [5.74, 6) is -0.889. The van der Waals surface area contributed by atoms with Gasteiger partial charge in [0.2, 0.25) is 21.8 Å². The number of nitrogens with zero attached hydrogens (tertiary/aromatic N) is 2. The Morgan fingerprint density at radius 3 is 2.16 bits per heavy atom. The molecular formula is C26H31Cl4N3O4S. The maximum atomic E-state index is 13.8. The van der Waals surface area contributed by atoms with Gasteiger partial charge >= 0.3 is 0 Å². The van der Waals surface area contributed by atoms with Crippen molar-refractivity contribution in [1.82, 2.24) is 10.2 Å². The molecule has 0 aromatic heterocycles. The minimum absolute atomic E-state index is 0.0369. The van der Waals surface area contributed by atoms with E-state index in [9.17, 15) is 18.0 Å². The smallest absolute Gasteiger partial charge is 0.244 e. The topological polar surface area (TPSA) is 86.8 Å². The molecule has 7 nitrogen and oxygen atoms in total. The van der Waals surface area contributed by atoms with Crippen molar-refractivity contribution in [3.8, 4) is 0 Å². The lowest BCUT2D eigenvalue weighted by atomic mass is 9.95. The molecule has 1 unspecified atom stereocenters. The molecule has 0 saturated heterocycles. The maximum absolute atomic E-state index is 13.8. The Balaban J connectivity index is 1.97. The van der Waals surface area contributed by atoms with Crippen LogP contribution in [0.3, 0.4) is 0 Å². The molecule has 1 aliphatic carbocycles. The first-order valence-electron chi connectivity index (χ1n) is 12.4. The first-order valence-corrected chi connectivity index (χ1v) is 15.7. The fraction of sp³-hybridized carbons (Fsp3) is 0.462. The zero-order valence-corrected chi connectivity index (χ0v) is 25.1. The number of sulfonamides is 1. The summed E-state index contributed by atoms with van der Waals surface area (Å²) in [5.41, 5.74) is 0.638. The van der Waals surface area contributed by atoms with E-state index >= 15 is 0 Å². The second kappa shape index (κ2) is 13.6. The van der Waals surface area contributed by atoms with Crippen LogP contribution in [0.4, 0.5) is 5.69 Å². The number of hydrogen-bond acceptors (Lipinski definition) is 4. The van der Waals surface area contributed by atoms with E-state index in [1.54, 1.807) is 25.1 Å². The molecule has 1 saturated carbocycles. The summed E-state index contributed by atoms with van der Waals surface area (Å²) in [6.07, 6.45) is 6.26. The molecule has 12 heteroatoms. The van der Waals surface area contributed by atoms with Crippen LogP contribution in [-0.4, -0.2) is 50.0 Å². The predicted molar refractivity (Wildman–Crippen MR) is 155 cm³/mol. The lowest BCUT2D eigenvalue weighted by molar-refractivity contribution is -0.140. The molecule has 208 valence electrons. The number of anilines is 1. The number of halogens is 4. The van der Waals surface area contributed by atoms with Crippen molar-refractivity contribution in [1.29, 1.82) is 0 Å². The highest BCUT2D eigenvalue weighted by Crippen LogP contribution is 2.30. The number of nitrogens with one attached hydrogen (secondary N) is 1. The molecule has 1 aliphatic rings. The fourth-order valence-corrected chi connectivity index (χ4v) is 6.22. The third-order valence-electron chi connectivity index (χ3n) is 6.60. The van der Waals surface area contributed by atoms with Crippen LogP contribution in [0.25, 0.3) is 0 Å². The quantitative estimate of drug-likeness (QED) is 0.336. The Hall–Kier alpha value is -1.71. The highest BCUT2D eigenvalue weighted by atomic mass is 35.5. The molecule has 0 radical (unpaired) electrons. The zero-order valence-electron chi connectivity index (χ0n) is 21.2. The summed E-state index contributed by atoms with van der Waals surface area (Å²) >= 11 is 25.0. The number of hydrogen-bond donors (Lipinski definition) is 1. The van der Waals surface area contributed by atoms with Gasteiger partial charge in [0.25, 0.3) is 0 Å². The summed E-state index contributed by atoms with van der Waals surface area (Å²) in [5, 5.41) is 4.15. The SMILES string of the molecule is CCC(C(=O)NC1CCCCC1)N(Cc1c(Cl)cccc1Cl)C(=O)CN(c1ccc(Cl)c(Cl)c1)S(C)(=O)=O. The molecule has 1 atom stereocenters. The standard InChI is InChI=1S/C26H31Cl4N3O4S/c1-3-24(26(35)31-17-8-5-4-6-9-17)32(15-19-20(27)10-7-11-21(19)28)25(34)16-33(38(2,36)37)18-12-13-22(29)23(30)14-18/h7,10-14,17,24H,3-6,8-9,15-16H2,1-2H3,(H,31,35). The highest BCUT2D eigenvalue weighted by Gasteiger charge is 2.33. The molecule has 0 heterocycles. The first-order chi connectivity index (χ1) is 17.9. The van der Waals surface area contributed by atoms with E-state index in [1.165, 1.54) is 23.1 Å². The van der Waals surface area contributed by atoms with Crippen LogP contribution in [0.15, 0.2) is 36.4 Å². The van der Waals surface area contributed by atoms with Crippen molar-refractivity contribution >= 4 is 73.9 Å². The van der Waals surface area contributed by atoms with Gasteiger partial charge in [-0.2, -0.15) is 0 Å². The molecule has 1 N–H and O–H groups in total. The zero-order chi connectivity index (χ0) is 28.0. The average Bonchev–Trinajstić information content (AvgIpc) is 2.85. The van der Waals surface area contributed by atoms with E-state index in [0.29, 0.717) is 22.0 Å².